The number of benzene rings is 2. The van der Waals surface area contributed by atoms with Crippen molar-refractivity contribution in [2.24, 2.45) is 5.92 Å². The van der Waals surface area contributed by atoms with Crippen LogP contribution in [0.2, 0.25) is 0 Å². The van der Waals surface area contributed by atoms with Gasteiger partial charge < -0.3 is 34.3 Å². The van der Waals surface area contributed by atoms with Crippen LogP contribution in [0.4, 0.5) is 9.59 Å². The summed E-state index contributed by atoms with van der Waals surface area (Å²) in [6.45, 7) is 8.23. The van der Waals surface area contributed by atoms with Crippen molar-refractivity contribution < 1.29 is 29.0 Å². The molecule has 0 spiro atoms. The van der Waals surface area contributed by atoms with E-state index in [1.807, 2.05) is 43.4 Å². The van der Waals surface area contributed by atoms with E-state index in [9.17, 15) is 19.5 Å². The van der Waals surface area contributed by atoms with Crippen molar-refractivity contribution in [3.05, 3.63) is 71.2 Å². The predicted octanol–water partition coefficient (Wildman–Crippen LogP) is 6.56. The largest absolute Gasteiger partial charge is 0.488 e. The summed E-state index contributed by atoms with van der Waals surface area (Å²) in [5.74, 6) is 2.05. The molecule has 5 atom stereocenters. The van der Waals surface area contributed by atoms with Crippen LogP contribution in [0.5, 0.6) is 5.75 Å². The third-order valence-corrected chi connectivity index (χ3v) is 11.4. The first-order chi connectivity index (χ1) is 25.0. The van der Waals surface area contributed by atoms with Gasteiger partial charge in [-0.3, -0.25) is 9.69 Å². The molecule has 2 fully saturated rings. The highest BCUT2D eigenvalue weighted by molar-refractivity contribution is 5.87. The highest BCUT2D eigenvalue weighted by Gasteiger charge is 2.42. The van der Waals surface area contributed by atoms with Gasteiger partial charge in [0.1, 0.15) is 30.0 Å². The Morgan fingerprint density at radius 3 is 2.48 bits per heavy atom. The number of amides is 3. The zero-order valence-corrected chi connectivity index (χ0v) is 30.2. The number of alkyl carbamates (subject to hydrolysis) is 1. The molecule has 52 heavy (non-hydrogen) atoms. The van der Waals surface area contributed by atoms with Gasteiger partial charge in [0.2, 0.25) is 5.91 Å². The molecule has 3 amide bonds. The van der Waals surface area contributed by atoms with E-state index in [0.29, 0.717) is 6.61 Å². The summed E-state index contributed by atoms with van der Waals surface area (Å²) in [6, 6.07) is 9.36. The number of methoxy groups -OCH3 is 1. The second-order valence-electron chi connectivity index (χ2n) is 14.9. The number of likely N-dealkylation sites (tertiary alicyclic amines) is 2. The number of fused-ring (bicyclic) bond motifs is 6. The van der Waals surface area contributed by atoms with E-state index in [2.05, 4.69) is 45.6 Å². The van der Waals surface area contributed by atoms with Gasteiger partial charge in [-0.1, -0.05) is 19.9 Å². The molecule has 3 aliphatic heterocycles. The standard InChI is InChI=1S/C39H45N7O6/c1-20(2)33(43-38(48)51-5)37(47)45-21(3)6-12-30(45)35-41-29-11-8-23-17-28-26-10-9-25(16-24(26)19-52-32(28)18-27(23)34(29)42-35)44-15-14-40-36(44)31-13-7-22(4)46(31)39(49)50/h9-10,14-18,20-22,30-31,33H,6-8,11-13,19H2,1-5H3,(H,41,42)(H,43,48)(H,49,50)/t21-,22?,30-,31-,33-/m0/s1. The number of H-pyrrole nitrogens is 1. The molecule has 4 aromatic rings. The van der Waals surface area contributed by atoms with Gasteiger partial charge in [0, 0.05) is 47.0 Å². The number of nitrogens with zero attached hydrogens (tertiary/aromatic N) is 5. The monoisotopic (exact) mass is 707 g/mol. The van der Waals surface area contributed by atoms with Crippen LogP contribution >= 0.6 is 0 Å². The molecular weight excluding hydrogens is 662 g/mol. The average molecular weight is 708 g/mol. The maximum atomic E-state index is 13.9. The molecule has 3 N–H and O–H groups in total. The van der Waals surface area contributed by atoms with Gasteiger partial charge in [0.15, 0.2) is 0 Å². The molecule has 0 saturated carbocycles. The maximum absolute atomic E-state index is 13.9. The summed E-state index contributed by atoms with van der Waals surface area (Å²) < 4.78 is 13.2. The predicted molar refractivity (Wildman–Crippen MR) is 192 cm³/mol. The molecule has 4 aliphatic rings. The molecule has 1 unspecified atom stereocenters. The summed E-state index contributed by atoms with van der Waals surface area (Å²) in [7, 11) is 1.30. The number of carbonyl (C=O) groups excluding carboxylic acids is 2. The highest BCUT2D eigenvalue weighted by Crippen LogP contribution is 2.46. The summed E-state index contributed by atoms with van der Waals surface area (Å²) in [4.78, 5) is 54.8. The number of aryl methyl sites for hydroxylation is 2. The summed E-state index contributed by atoms with van der Waals surface area (Å²) in [5, 5.41) is 12.6. The van der Waals surface area contributed by atoms with Gasteiger partial charge in [-0.25, -0.2) is 19.6 Å². The minimum absolute atomic E-state index is 0.000164. The lowest BCUT2D eigenvalue weighted by Gasteiger charge is -2.32. The van der Waals surface area contributed by atoms with Crippen molar-refractivity contribution in [1.82, 2.24) is 34.6 Å². The van der Waals surface area contributed by atoms with Crippen LogP contribution in [-0.4, -0.2) is 77.8 Å². The molecule has 2 aromatic heterocycles. The molecule has 2 aromatic carbocycles. The molecule has 13 nitrogen and oxygen atoms in total. The van der Waals surface area contributed by atoms with E-state index in [0.717, 1.165) is 95.3 Å². The number of nitrogens with one attached hydrogen (secondary N) is 2. The van der Waals surface area contributed by atoms with E-state index in [4.69, 9.17) is 14.5 Å². The van der Waals surface area contributed by atoms with E-state index in [1.54, 1.807) is 6.20 Å². The Hall–Kier alpha value is -5.33. The molecule has 5 heterocycles. The van der Waals surface area contributed by atoms with Crippen LogP contribution in [0.1, 0.15) is 93.9 Å². The van der Waals surface area contributed by atoms with Crippen molar-refractivity contribution in [3.8, 4) is 33.8 Å². The second-order valence-corrected chi connectivity index (χ2v) is 14.9. The minimum Gasteiger partial charge on any atom is -0.488 e. The Bertz CT molecular complexity index is 2070. The number of aromatic amines is 1. The molecule has 0 bridgehead atoms. The number of hydrogen-bond acceptors (Lipinski definition) is 7. The number of carboxylic acid groups (broad SMARTS) is 1. The van der Waals surface area contributed by atoms with Gasteiger partial charge >= 0.3 is 12.2 Å². The van der Waals surface area contributed by atoms with Gasteiger partial charge in [-0.15, -0.1) is 0 Å². The zero-order chi connectivity index (χ0) is 36.4. The van der Waals surface area contributed by atoms with E-state index < -0.39 is 18.2 Å². The quantitative estimate of drug-likeness (QED) is 0.204. The minimum atomic E-state index is -0.920. The number of aromatic nitrogens is 4. The number of carbonyl (C=O) groups is 3. The van der Waals surface area contributed by atoms with Crippen molar-refractivity contribution >= 4 is 18.1 Å². The van der Waals surface area contributed by atoms with Gasteiger partial charge in [-0.2, -0.15) is 0 Å². The second kappa shape index (κ2) is 13.0. The lowest BCUT2D eigenvalue weighted by atomic mass is 9.87. The van der Waals surface area contributed by atoms with E-state index >= 15 is 0 Å². The first-order valence-electron chi connectivity index (χ1n) is 18.3. The lowest BCUT2D eigenvalue weighted by Crippen LogP contribution is -2.52. The molecule has 13 heteroatoms. The molecule has 2 saturated heterocycles. The van der Waals surface area contributed by atoms with Crippen molar-refractivity contribution in [3.63, 3.8) is 0 Å². The summed E-state index contributed by atoms with van der Waals surface area (Å²) >= 11 is 0. The number of rotatable bonds is 6. The lowest BCUT2D eigenvalue weighted by molar-refractivity contribution is -0.137. The van der Waals surface area contributed by atoms with Crippen molar-refractivity contribution in [1.29, 1.82) is 0 Å². The Balaban J connectivity index is 1.08. The van der Waals surface area contributed by atoms with E-state index in [1.165, 1.54) is 17.6 Å². The Morgan fingerprint density at radius 2 is 1.73 bits per heavy atom. The van der Waals surface area contributed by atoms with Crippen LogP contribution in [0.15, 0.2) is 42.7 Å². The molecule has 8 rings (SSSR count). The SMILES string of the molecule is COC(=O)N[C@H](C(=O)N1[C@@H](C)CC[C@H]1c1nc2c([nH]1)CCc1cc3c(cc1-2)OCc1cc(-n2ccnc2[C@@H]2CCC(C)N2C(=O)O)ccc1-3)C(C)C. The summed E-state index contributed by atoms with van der Waals surface area (Å²) in [6.07, 6.45) is 6.88. The fourth-order valence-electron chi connectivity index (χ4n) is 8.72. The normalized spacial score (nSPS) is 22.3. The third kappa shape index (κ3) is 5.57. The molecule has 1 aliphatic carbocycles. The fourth-order valence-corrected chi connectivity index (χ4v) is 8.72. The van der Waals surface area contributed by atoms with Crippen molar-refractivity contribution in [2.45, 2.75) is 103 Å². The Morgan fingerprint density at radius 1 is 0.962 bits per heavy atom. The number of imidazole rings is 2. The summed E-state index contributed by atoms with van der Waals surface area (Å²) in [5.41, 5.74) is 8.31. The number of ether oxygens (including phenoxy) is 2. The van der Waals surface area contributed by atoms with Crippen LogP contribution in [-0.2, 0) is 29.0 Å². The van der Waals surface area contributed by atoms with Gasteiger partial charge in [0.25, 0.3) is 0 Å². The van der Waals surface area contributed by atoms with E-state index in [-0.39, 0.29) is 36.0 Å². The van der Waals surface area contributed by atoms with Crippen LogP contribution in [0.3, 0.4) is 0 Å². The average Bonchev–Trinajstić information content (AvgIpc) is 3.94. The molecular formula is C39H45N7O6. The molecule has 272 valence electrons. The number of hydrogen-bond donors (Lipinski definition) is 3. The zero-order valence-electron chi connectivity index (χ0n) is 30.2. The maximum Gasteiger partial charge on any atom is 0.408 e. The Labute approximate surface area is 302 Å². The topological polar surface area (TPSA) is 155 Å². The first kappa shape index (κ1) is 33.8. The highest BCUT2D eigenvalue weighted by atomic mass is 16.5. The first-order valence-corrected chi connectivity index (χ1v) is 18.3. The van der Waals surface area contributed by atoms with Crippen LogP contribution in [0, 0.1) is 5.92 Å². The third-order valence-electron chi connectivity index (χ3n) is 11.4. The smallest absolute Gasteiger partial charge is 0.408 e. The van der Waals surface area contributed by atoms with Crippen LogP contribution in [0.25, 0.3) is 28.1 Å². The Kier molecular flexibility index (Phi) is 8.46. The fraction of sp³-hybridized carbons (Fsp3) is 0.462. The van der Waals surface area contributed by atoms with Crippen LogP contribution < -0.4 is 10.1 Å². The van der Waals surface area contributed by atoms with Gasteiger partial charge in [-0.05, 0) is 99.2 Å². The van der Waals surface area contributed by atoms with Crippen molar-refractivity contribution in [2.75, 3.05) is 7.11 Å². The van der Waals surface area contributed by atoms with Gasteiger partial charge in [0.05, 0.1) is 24.9 Å². The molecule has 0 radical (unpaired) electrons.